The van der Waals surface area contributed by atoms with Gasteiger partial charge in [-0.3, -0.25) is 9.69 Å². The van der Waals surface area contributed by atoms with E-state index in [1.54, 1.807) is 11.0 Å². The SMILES string of the molecule is CC1CC(N(C)c2nc(OCC34CCCN3CC(F)C4)nc3c(C(F)(F)F)c(-c4ccc(F)c5sc(N)c(C#N)c45)c(C(F)(F)F)cc23)CN1C(=O)C1CC1. The topological polar surface area (TPSA) is 112 Å². The number of ether oxygens (including phenoxy) is 1. The summed E-state index contributed by atoms with van der Waals surface area (Å²) in [5, 5.41) is 8.52. The lowest BCUT2D eigenvalue weighted by molar-refractivity contribution is -0.141. The van der Waals surface area contributed by atoms with Gasteiger partial charge >= 0.3 is 18.4 Å². The highest BCUT2D eigenvalue weighted by Gasteiger charge is 2.50. The third-order valence-electron chi connectivity index (χ3n) is 11.6. The molecule has 4 atom stereocenters. The third kappa shape index (κ3) is 6.27. The summed E-state index contributed by atoms with van der Waals surface area (Å²) in [6.45, 7) is 2.57. The van der Waals surface area contributed by atoms with E-state index in [4.69, 9.17) is 10.5 Å². The minimum atomic E-state index is -5.51. The molecule has 0 radical (unpaired) electrons. The normalized spacial score (nSPS) is 24.5. The number of anilines is 2. The molecular weight excluding hydrogens is 759 g/mol. The molecule has 1 saturated carbocycles. The Morgan fingerprint density at radius 1 is 1.16 bits per heavy atom. The fourth-order valence-corrected chi connectivity index (χ4v) is 9.78. The number of nitriles is 1. The molecule has 5 heterocycles. The number of likely N-dealkylation sites (N-methyl/N-ethyl adjacent to an activating group) is 1. The number of hydrogen-bond acceptors (Lipinski definition) is 9. The number of thiophene rings is 1. The smallest absolute Gasteiger partial charge is 0.419 e. The van der Waals surface area contributed by atoms with Gasteiger partial charge in [-0.2, -0.15) is 41.6 Å². The molecule has 1 aliphatic carbocycles. The van der Waals surface area contributed by atoms with Crippen LogP contribution in [0.1, 0.15) is 62.1 Å². The van der Waals surface area contributed by atoms with E-state index in [0.29, 0.717) is 36.8 Å². The lowest BCUT2D eigenvalue weighted by Crippen LogP contribution is -2.43. The number of hydrogen-bond donors (Lipinski definition) is 1. The first-order valence-electron chi connectivity index (χ1n) is 17.9. The molecule has 55 heavy (non-hydrogen) atoms. The highest BCUT2D eigenvalue weighted by molar-refractivity contribution is 7.23. The molecule has 4 aromatic rings. The largest absolute Gasteiger partial charge is 0.461 e. The van der Waals surface area contributed by atoms with Crippen molar-refractivity contribution in [2.24, 2.45) is 5.92 Å². The Morgan fingerprint density at radius 3 is 2.58 bits per heavy atom. The van der Waals surface area contributed by atoms with E-state index in [9.17, 15) is 14.4 Å². The van der Waals surface area contributed by atoms with Gasteiger partial charge in [0.1, 0.15) is 35.5 Å². The highest BCUT2D eigenvalue weighted by atomic mass is 32.1. The Morgan fingerprint density at radius 2 is 1.91 bits per heavy atom. The quantitative estimate of drug-likeness (QED) is 0.188. The van der Waals surface area contributed by atoms with Crippen molar-refractivity contribution in [2.45, 2.75) is 81.6 Å². The molecule has 18 heteroatoms. The minimum absolute atomic E-state index is 0.0529. The molecule has 8 rings (SSSR count). The molecule has 4 aliphatic rings. The molecule has 1 amide bonds. The lowest BCUT2D eigenvalue weighted by Gasteiger charge is -2.31. The molecular formula is C37H35F8N7O2S. The summed E-state index contributed by atoms with van der Waals surface area (Å²) in [7, 11) is 1.49. The van der Waals surface area contributed by atoms with E-state index < -0.39 is 86.0 Å². The van der Waals surface area contributed by atoms with Crippen molar-refractivity contribution in [3.8, 4) is 23.2 Å². The van der Waals surface area contributed by atoms with Crippen molar-refractivity contribution >= 4 is 49.1 Å². The van der Waals surface area contributed by atoms with E-state index in [1.165, 1.54) is 11.9 Å². The zero-order valence-corrected chi connectivity index (χ0v) is 30.4. The van der Waals surface area contributed by atoms with Gasteiger partial charge in [-0.25, -0.2) is 8.78 Å². The maximum Gasteiger partial charge on any atom is 0.419 e. The standard InChI is InChI=1S/C37H35F8N7O2S/c1-17-10-20(15-52(17)33(53)18-4-5-18)50(2)32-22-11-24(36(40,41)42)27(21-6-7-25(39)30-26(21)23(13-46)31(47)55-30)28(37(43,44)45)29(22)48-34(49-32)54-16-35-8-3-9-51(35)14-19(38)12-35/h6-7,11,17-20H,3-5,8-10,12,14-16,47H2,1-2H3. The second-order valence-corrected chi connectivity index (χ2v) is 16.2. The van der Waals surface area contributed by atoms with Gasteiger partial charge in [0.2, 0.25) is 5.91 Å². The zero-order chi connectivity index (χ0) is 39.4. The number of nitrogens with two attached hydrogens (primary N) is 1. The summed E-state index contributed by atoms with van der Waals surface area (Å²) >= 11 is 0.532. The molecule has 3 saturated heterocycles. The summed E-state index contributed by atoms with van der Waals surface area (Å²) in [5.74, 6) is -1.44. The average Bonchev–Trinajstić information content (AvgIpc) is 3.50. The van der Waals surface area contributed by atoms with Crippen molar-refractivity contribution in [1.29, 1.82) is 5.26 Å². The van der Waals surface area contributed by atoms with Crippen molar-refractivity contribution in [2.75, 3.05) is 43.9 Å². The third-order valence-corrected chi connectivity index (χ3v) is 12.6. The fraction of sp³-hybridized carbons (Fsp3) is 0.514. The molecule has 3 aliphatic heterocycles. The van der Waals surface area contributed by atoms with Gasteiger partial charge in [-0.15, -0.1) is 11.3 Å². The number of rotatable bonds is 7. The van der Waals surface area contributed by atoms with Crippen LogP contribution in [0.15, 0.2) is 18.2 Å². The number of carbonyl (C=O) groups is 1. The Labute approximate surface area is 313 Å². The number of alkyl halides is 7. The second-order valence-electron chi connectivity index (χ2n) is 15.1. The number of fused-ring (bicyclic) bond motifs is 3. The molecule has 9 nitrogen and oxygen atoms in total. The van der Waals surface area contributed by atoms with Crippen LogP contribution in [0.5, 0.6) is 6.01 Å². The zero-order valence-electron chi connectivity index (χ0n) is 29.6. The number of benzene rings is 2. The minimum Gasteiger partial charge on any atom is -0.461 e. The summed E-state index contributed by atoms with van der Waals surface area (Å²) in [6.07, 6.45) is -8.79. The Kier molecular flexibility index (Phi) is 8.87. The molecule has 2 aromatic heterocycles. The van der Waals surface area contributed by atoms with Gasteiger partial charge in [0.05, 0.1) is 32.4 Å². The molecule has 2 aromatic carbocycles. The first-order chi connectivity index (χ1) is 25.9. The molecule has 2 N–H and O–H groups in total. The highest BCUT2D eigenvalue weighted by Crippen LogP contribution is 2.52. The number of halogens is 8. The lowest BCUT2D eigenvalue weighted by atomic mass is 9.88. The van der Waals surface area contributed by atoms with Crippen LogP contribution >= 0.6 is 11.3 Å². The molecule has 0 spiro atoms. The average molecular weight is 794 g/mol. The van der Waals surface area contributed by atoms with Crippen molar-refractivity contribution in [1.82, 2.24) is 19.8 Å². The monoisotopic (exact) mass is 793 g/mol. The van der Waals surface area contributed by atoms with E-state index in [-0.39, 0.29) is 59.5 Å². The van der Waals surface area contributed by atoms with Crippen LogP contribution in [0, 0.1) is 23.1 Å². The van der Waals surface area contributed by atoms with Crippen LogP contribution in [0.2, 0.25) is 0 Å². The number of carbonyl (C=O) groups excluding carboxylic acids is 1. The van der Waals surface area contributed by atoms with E-state index >= 15 is 30.7 Å². The molecule has 4 unspecified atom stereocenters. The van der Waals surface area contributed by atoms with Crippen molar-refractivity contribution < 1.29 is 44.7 Å². The number of likely N-dealkylation sites (tertiary alicyclic amines) is 1. The van der Waals surface area contributed by atoms with Gasteiger partial charge < -0.3 is 20.3 Å². The number of nitrogens with zero attached hydrogens (tertiary/aromatic N) is 6. The number of amides is 1. The summed E-state index contributed by atoms with van der Waals surface area (Å²) in [4.78, 5) is 26.8. The van der Waals surface area contributed by atoms with Crippen molar-refractivity contribution in [3.63, 3.8) is 0 Å². The molecule has 292 valence electrons. The second kappa shape index (κ2) is 13.0. The number of nitrogen functional groups attached to an aromatic ring is 1. The van der Waals surface area contributed by atoms with Gasteiger partial charge in [-0.05, 0) is 63.3 Å². The summed E-state index contributed by atoms with van der Waals surface area (Å²) in [5.41, 5.74) is -1.81. The van der Waals surface area contributed by atoms with Gasteiger partial charge in [-0.1, -0.05) is 6.07 Å². The van der Waals surface area contributed by atoms with Crippen LogP contribution in [-0.4, -0.2) is 82.8 Å². The fourth-order valence-electron chi connectivity index (χ4n) is 8.83. The van der Waals surface area contributed by atoms with Crippen LogP contribution in [0.4, 0.5) is 45.9 Å². The Bertz CT molecular complexity index is 2270. The first-order valence-corrected chi connectivity index (χ1v) is 18.7. The van der Waals surface area contributed by atoms with E-state index in [1.807, 2.05) is 11.8 Å². The van der Waals surface area contributed by atoms with Crippen LogP contribution in [0.3, 0.4) is 0 Å². The maximum absolute atomic E-state index is 15.7. The molecule has 4 fully saturated rings. The van der Waals surface area contributed by atoms with E-state index in [0.717, 1.165) is 31.4 Å². The first kappa shape index (κ1) is 37.4. The molecule has 0 bridgehead atoms. The Hall–Kier alpha value is -4.50. The van der Waals surface area contributed by atoms with Gasteiger partial charge in [0, 0.05) is 60.9 Å². The number of aromatic nitrogens is 2. The van der Waals surface area contributed by atoms with Crippen molar-refractivity contribution in [3.05, 3.63) is 40.7 Å². The maximum atomic E-state index is 15.7. The van der Waals surface area contributed by atoms with E-state index in [2.05, 4.69) is 9.97 Å². The van der Waals surface area contributed by atoms with Gasteiger partial charge in [0.15, 0.2) is 0 Å². The van der Waals surface area contributed by atoms with Crippen LogP contribution in [0.25, 0.3) is 32.1 Å². The predicted octanol–water partition coefficient (Wildman–Crippen LogP) is 7.93. The Balaban J connectivity index is 1.37. The van der Waals surface area contributed by atoms with Crippen LogP contribution < -0.4 is 15.4 Å². The van der Waals surface area contributed by atoms with Gasteiger partial charge in [0.25, 0.3) is 0 Å². The summed E-state index contributed by atoms with van der Waals surface area (Å²) in [6, 6.07) is 2.38. The predicted molar refractivity (Wildman–Crippen MR) is 189 cm³/mol. The van der Waals surface area contributed by atoms with Crippen LogP contribution in [-0.2, 0) is 17.1 Å². The summed E-state index contributed by atoms with van der Waals surface area (Å²) < 4.78 is 128.